The minimum absolute atomic E-state index is 0.0301. The van der Waals surface area contributed by atoms with Crippen LogP contribution in [-0.2, 0) is 17.8 Å². The standard InChI is InChI=1S/C26H30N4O/c1-2-14-30-16-15-29(19-22-4-3-11-28-18-22)20-25(26(30)31)17-21-5-7-23(8-6-21)24-9-12-27-13-10-24/h3-13,18,25H,2,14-17,19-20H2,1H3/t25-/m1/s1. The number of rotatable bonds is 7. The molecule has 1 atom stereocenters. The molecule has 0 bridgehead atoms. The van der Waals surface area contributed by atoms with Gasteiger partial charge in [-0.3, -0.25) is 19.7 Å². The summed E-state index contributed by atoms with van der Waals surface area (Å²) in [7, 11) is 0. The molecule has 31 heavy (non-hydrogen) atoms. The molecule has 0 unspecified atom stereocenters. The zero-order valence-electron chi connectivity index (χ0n) is 18.2. The van der Waals surface area contributed by atoms with Gasteiger partial charge in [0.15, 0.2) is 0 Å². The Morgan fingerprint density at radius 2 is 1.68 bits per heavy atom. The summed E-state index contributed by atoms with van der Waals surface area (Å²) in [6, 6.07) is 16.7. The number of amides is 1. The van der Waals surface area contributed by atoms with Gasteiger partial charge in [0.05, 0.1) is 5.92 Å². The number of benzene rings is 1. The number of hydrogen-bond acceptors (Lipinski definition) is 4. The average Bonchev–Trinajstić information content (AvgIpc) is 2.95. The van der Waals surface area contributed by atoms with Gasteiger partial charge in [-0.05, 0) is 53.3 Å². The van der Waals surface area contributed by atoms with Crippen molar-refractivity contribution in [2.45, 2.75) is 26.3 Å². The highest BCUT2D eigenvalue weighted by molar-refractivity contribution is 5.79. The number of aromatic nitrogens is 2. The molecule has 3 heterocycles. The minimum Gasteiger partial charge on any atom is -0.341 e. The Bertz CT molecular complexity index is 960. The van der Waals surface area contributed by atoms with Crippen molar-refractivity contribution in [1.82, 2.24) is 19.8 Å². The summed E-state index contributed by atoms with van der Waals surface area (Å²) in [5.41, 5.74) is 4.73. The van der Waals surface area contributed by atoms with Crippen LogP contribution in [0.2, 0.25) is 0 Å². The smallest absolute Gasteiger partial charge is 0.227 e. The van der Waals surface area contributed by atoms with Gasteiger partial charge in [0.25, 0.3) is 0 Å². The fourth-order valence-corrected chi connectivity index (χ4v) is 4.31. The van der Waals surface area contributed by atoms with Crippen molar-refractivity contribution in [3.05, 3.63) is 84.4 Å². The van der Waals surface area contributed by atoms with Crippen LogP contribution in [0.1, 0.15) is 24.5 Å². The van der Waals surface area contributed by atoms with Gasteiger partial charge in [0.2, 0.25) is 5.91 Å². The first-order valence-electron chi connectivity index (χ1n) is 11.1. The Kier molecular flexibility index (Phi) is 7.05. The maximum absolute atomic E-state index is 13.3. The lowest BCUT2D eigenvalue weighted by molar-refractivity contribution is -0.134. The Hall–Kier alpha value is -3.05. The minimum atomic E-state index is -0.0301. The van der Waals surface area contributed by atoms with Crippen molar-refractivity contribution in [2.75, 3.05) is 26.2 Å². The van der Waals surface area contributed by atoms with Crippen LogP contribution in [0.15, 0.2) is 73.3 Å². The summed E-state index contributed by atoms with van der Waals surface area (Å²) in [5.74, 6) is 0.256. The molecule has 1 aliphatic heterocycles. The lowest BCUT2D eigenvalue weighted by Crippen LogP contribution is -2.37. The third-order valence-electron chi connectivity index (χ3n) is 5.90. The van der Waals surface area contributed by atoms with Crippen LogP contribution in [0.25, 0.3) is 11.1 Å². The van der Waals surface area contributed by atoms with Gasteiger partial charge in [-0.1, -0.05) is 37.3 Å². The van der Waals surface area contributed by atoms with Crippen molar-refractivity contribution in [3.63, 3.8) is 0 Å². The van der Waals surface area contributed by atoms with Crippen molar-refractivity contribution < 1.29 is 4.79 Å². The molecule has 0 radical (unpaired) electrons. The predicted molar refractivity (Wildman–Crippen MR) is 123 cm³/mol. The molecule has 5 heteroatoms. The molecule has 160 valence electrons. The Morgan fingerprint density at radius 3 is 2.39 bits per heavy atom. The molecule has 0 aliphatic carbocycles. The van der Waals surface area contributed by atoms with E-state index in [4.69, 9.17) is 0 Å². The first kappa shape index (κ1) is 21.2. The largest absolute Gasteiger partial charge is 0.341 e. The summed E-state index contributed by atoms with van der Waals surface area (Å²) >= 11 is 0. The second-order valence-corrected chi connectivity index (χ2v) is 8.26. The van der Waals surface area contributed by atoms with Crippen LogP contribution in [-0.4, -0.2) is 51.9 Å². The molecule has 3 aromatic rings. The summed E-state index contributed by atoms with van der Waals surface area (Å²) in [4.78, 5) is 26.1. The topological polar surface area (TPSA) is 49.3 Å². The Balaban J connectivity index is 1.49. The number of pyridine rings is 2. The van der Waals surface area contributed by atoms with Gasteiger partial charge < -0.3 is 4.90 Å². The van der Waals surface area contributed by atoms with Crippen LogP contribution in [0.4, 0.5) is 0 Å². The molecule has 4 rings (SSSR count). The lowest BCUT2D eigenvalue weighted by Gasteiger charge is -2.24. The zero-order valence-corrected chi connectivity index (χ0v) is 18.2. The normalized spacial score (nSPS) is 17.5. The molecule has 0 spiro atoms. The molecule has 0 N–H and O–H groups in total. The molecule has 1 amide bonds. The van der Waals surface area contributed by atoms with Crippen LogP contribution in [0.5, 0.6) is 0 Å². The fraction of sp³-hybridized carbons (Fsp3) is 0.346. The van der Waals surface area contributed by atoms with E-state index in [0.29, 0.717) is 0 Å². The van der Waals surface area contributed by atoms with Gasteiger partial charge >= 0.3 is 0 Å². The molecular formula is C26H30N4O. The highest BCUT2D eigenvalue weighted by Crippen LogP contribution is 2.22. The van der Waals surface area contributed by atoms with Gasteiger partial charge in [-0.25, -0.2) is 0 Å². The molecule has 1 aromatic carbocycles. The van der Waals surface area contributed by atoms with Crippen molar-refractivity contribution in [3.8, 4) is 11.1 Å². The third-order valence-corrected chi connectivity index (χ3v) is 5.90. The number of carbonyl (C=O) groups excluding carboxylic acids is 1. The van der Waals surface area contributed by atoms with E-state index in [2.05, 4.69) is 57.0 Å². The molecule has 0 saturated carbocycles. The van der Waals surface area contributed by atoms with E-state index in [1.165, 1.54) is 16.7 Å². The highest BCUT2D eigenvalue weighted by atomic mass is 16.2. The average molecular weight is 415 g/mol. The van der Waals surface area contributed by atoms with Gasteiger partial charge in [0.1, 0.15) is 0 Å². The first-order valence-corrected chi connectivity index (χ1v) is 11.1. The summed E-state index contributed by atoms with van der Waals surface area (Å²) in [6.07, 6.45) is 9.10. The Morgan fingerprint density at radius 1 is 0.903 bits per heavy atom. The van der Waals surface area contributed by atoms with Crippen LogP contribution < -0.4 is 0 Å². The van der Waals surface area contributed by atoms with Crippen LogP contribution >= 0.6 is 0 Å². The second-order valence-electron chi connectivity index (χ2n) is 8.26. The van der Waals surface area contributed by atoms with E-state index in [-0.39, 0.29) is 11.8 Å². The quantitative estimate of drug-likeness (QED) is 0.585. The summed E-state index contributed by atoms with van der Waals surface area (Å²) in [5, 5.41) is 0. The van der Waals surface area contributed by atoms with E-state index in [1.807, 2.05) is 36.8 Å². The van der Waals surface area contributed by atoms with Crippen LogP contribution in [0.3, 0.4) is 0 Å². The number of nitrogens with zero attached hydrogens (tertiary/aromatic N) is 4. The monoisotopic (exact) mass is 414 g/mol. The Labute approximate surface area is 184 Å². The van der Waals surface area contributed by atoms with Crippen molar-refractivity contribution in [2.24, 2.45) is 5.92 Å². The van der Waals surface area contributed by atoms with Crippen LogP contribution in [0, 0.1) is 5.92 Å². The molecule has 1 aliphatic rings. The first-order chi connectivity index (χ1) is 15.2. The van der Waals surface area contributed by atoms with Gasteiger partial charge in [-0.2, -0.15) is 0 Å². The summed E-state index contributed by atoms with van der Waals surface area (Å²) < 4.78 is 0. The van der Waals surface area contributed by atoms with E-state index < -0.39 is 0 Å². The third kappa shape index (κ3) is 5.56. The fourth-order valence-electron chi connectivity index (χ4n) is 4.31. The van der Waals surface area contributed by atoms with E-state index in [9.17, 15) is 4.79 Å². The SMILES string of the molecule is CCCN1CCN(Cc2cccnc2)C[C@@H](Cc2ccc(-c3ccncc3)cc2)C1=O. The van der Waals surface area contributed by atoms with Gasteiger partial charge in [0, 0.05) is 57.5 Å². The maximum atomic E-state index is 13.3. The molecule has 2 aromatic heterocycles. The molecule has 1 saturated heterocycles. The lowest BCUT2D eigenvalue weighted by atomic mass is 9.95. The second kappa shape index (κ2) is 10.3. The molecule has 5 nitrogen and oxygen atoms in total. The zero-order chi connectivity index (χ0) is 21.5. The molecule has 1 fully saturated rings. The highest BCUT2D eigenvalue weighted by Gasteiger charge is 2.30. The van der Waals surface area contributed by atoms with E-state index >= 15 is 0 Å². The van der Waals surface area contributed by atoms with E-state index in [1.54, 1.807) is 6.20 Å². The number of carbonyl (C=O) groups is 1. The van der Waals surface area contributed by atoms with Crippen molar-refractivity contribution >= 4 is 5.91 Å². The number of hydrogen-bond donors (Lipinski definition) is 0. The summed E-state index contributed by atoms with van der Waals surface area (Å²) in [6.45, 7) is 6.27. The van der Waals surface area contributed by atoms with E-state index in [0.717, 1.165) is 51.1 Å². The van der Waals surface area contributed by atoms with Crippen molar-refractivity contribution in [1.29, 1.82) is 0 Å². The maximum Gasteiger partial charge on any atom is 0.227 e. The molecular weight excluding hydrogens is 384 g/mol. The predicted octanol–water partition coefficient (Wildman–Crippen LogP) is 4.06. The van der Waals surface area contributed by atoms with Gasteiger partial charge in [-0.15, -0.1) is 0 Å².